The van der Waals surface area contributed by atoms with Gasteiger partial charge in [0.25, 0.3) is 5.91 Å². The second-order valence-corrected chi connectivity index (χ2v) is 5.11. The summed E-state index contributed by atoms with van der Waals surface area (Å²) in [6.45, 7) is 6.01. The van der Waals surface area contributed by atoms with Crippen LogP contribution >= 0.6 is 0 Å². The Hall–Kier alpha value is -2.33. The van der Waals surface area contributed by atoms with Crippen LogP contribution in [0, 0.1) is 13.8 Å². The van der Waals surface area contributed by atoms with Crippen molar-refractivity contribution < 1.29 is 4.79 Å². The SMILES string of the molecule is CCc1cccc(C)c1NC(=O)c1cc(C)ccc1NN. The topological polar surface area (TPSA) is 67.2 Å². The average molecular weight is 283 g/mol. The van der Waals surface area contributed by atoms with Gasteiger partial charge in [-0.05, 0) is 43.5 Å². The molecule has 0 atom stereocenters. The Kier molecular flexibility index (Phi) is 4.60. The number of carbonyl (C=O) groups excluding carboxylic acids is 1. The van der Waals surface area contributed by atoms with E-state index in [1.54, 1.807) is 0 Å². The Balaban J connectivity index is 2.37. The maximum Gasteiger partial charge on any atom is 0.257 e. The predicted molar refractivity (Wildman–Crippen MR) is 87.5 cm³/mol. The van der Waals surface area contributed by atoms with Crippen molar-refractivity contribution in [3.63, 3.8) is 0 Å². The van der Waals surface area contributed by atoms with Gasteiger partial charge in [-0.25, -0.2) is 0 Å². The molecule has 0 aliphatic rings. The molecule has 0 saturated carbocycles. The molecule has 0 spiro atoms. The Bertz CT molecular complexity index is 665. The fourth-order valence-electron chi connectivity index (χ4n) is 2.35. The summed E-state index contributed by atoms with van der Waals surface area (Å²) in [6.07, 6.45) is 0.868. The summed E-state index contributed by atoms with van der Waals surface area (Å²) in [5, 5.41) is 3.01. The molecule has 0 saturated heterocycles. The van der Waals surface area contributed by atoms with Gasteiger partial charge in [-0.1, -0.05) is 36.8 Å². The molecule has 21 heavy (non-hydrogen) atoms. The summed E-state index contributed by atoms with van der Waals surface area (Å²) < 4.78 is 0. The van der Waals surface area contributed by atoms with Crippen molar-refractivity contribution in [2.75, 3.05) is 10.7 Å². The monoisotopic (exact) mass is 283 g/mol. The third-order valence-electron chi connectivity index (χ3n) is 3.55. The number of nitrogen functional groups attached to an aromatic ring is 1. The van der Waals surface area contributed by atoms with Crippen molar-refractivity contribution in [3.8, 4) is 0 Å². The summed E-state index contributed by atoms with van der Waals surface area (Å²) in [5.41, 5.74) is 7.81. The summed E-state index contributed by atoms with van der Waals surface area (Å²) in [6, 6.07) is 11.6. The van der Waals surface area contributed by atoms with Crippen molar-refractivity contribution in [1.29, 1.82) is 0 Å². The van der Waals surface area contributed by atoms with E-state index in [9.17, 15) is 4.79 Å². The van der Waals surface area contributed by atoms with E-state index in [4.69, 9.17) is 5.84 Å². The van der Waals surface area contributed by atoms with Crippen LogP contribution in [0.2, 0.25) is 0 Å². The summed E-state index contributed by atoms with van der Waals surface area (Å²) in [7, 11) is 0. The van der Waals surface area contributed by atoms with Crippen LogP contribution in [0.15, 0.2) is 36.4 Å². The molecule has 2 aromatic rings. The molecule has 4 N–H and O–H groups in total. The number of anilines is 2. The Morgan fingerprint density at radius 1 is 1.19 bits per heavy atom. The van der Waals surface area contributed by atoms with Gasteiger partial charge >= 0.3 is 0 Å². The third kappa shape index (κ3) is 3.23. The number of benzene rings is 2. The predicted octanol–water partition coefficient (Wildman–Crippen LogP) is 3.40. The number of amides is 1. The highest BCUT2D eigenvalue weighted by Gasteiger charge is 2.14. The van der Waals surface area contributed by atoms with Gasteiger partial charge < -0.3 is 10.7 Å². The fourth-order valence-corrected chi connectivity index (χ4v) is 2.35. The van der Waals surface area contributed by atoms with Gasteiger partial charge in [0.05, 0.1) is 11.3 Å². The van der Waals surface area contributed by atoms with Crippen LogP contribution < -0.4 is 16.6 Å². The molecule has 4 heteroatoms. The van der Waals surface area contributed by atoms with E-state index >= 15 is 0 Å². The van der Waals surface area contributed by atoms with Gasteiger partial charge in [-0.15, -0.1) is 0 Å². The highest BCUT2D eigenvalue weighted by atomic mass is 16.1. The average Bonchev–Trinajstić information content (AvgIpc) is 2.49. The van der Waals surface area contributed by atoms with Crippen LogP contribution in [0.4, 0.5) is 11.4 Å². The van der Waals surface area contributed by atoms with E-state index in [0.717, 1.165) is 28.8 Å². The first-order valence-electron chi connectivity index (χ1n) is 7.04. The zero-order chi connectivity index (χ0) is 15.4. The molecule has 0 bridgehead atoms. The molecule has 110 valence electrons. The number of aryl methyl sites for hydroxylation is 3. The van der Waals surface area contributed by atoms with Gasteiger partial charge in [0.2, 0.25) is 0 Å². The quantitative estimate of drug-likeness (QED) is 0.595. The van der Waals surface area contributed by atoms with Crippen LogP contribution in [0.3, 0.4) is 0 Å². The smallest absolute Gasteiger partial charge is 0.257 e. The number of nitrogens with one attached hydrogen (secondary N) is 2. The zero-order valence-electron chi connectivity index (χ0n) is 12.7. The molecule has 0 aromatic heterocycles. The minimum absolute atomic E-state index is 0.157. The van der Waals surface area contributed by atoms with Crippen LogP contribution in [0.25, 0.3) is 0 Å². The summed E-state index contributed by atoms with van der Waals surface area (Å²) in [5.74, 6) is 5.33. The lowest BCUT2D eigenvalue weighted by Gasteiger charge is -2.15. The molecular formula is C17H21N3O. The summed E-state index contributed by atoms with van der Waals surface area (Å²) >= 11 is 0. The molecule has 0 heterocycles. The molecular weight excluding hydrogens is 262 g/mol. The first kappa shape index (κ1) is 15.1. The van der Waals surface area contributed by atoms with Crippen molar-refractivity contribution in [1.82, 2.24) is 0 Å². The minimum Gasteiger partial charge on any atom is -0.323 e. The lowest BCUT2D eigenvalue weighted by Crippen LogP contribution is -2.18. The van der Waals surface area contributed by atoms with Crippen molar-refractivity contribution in [2.45, 2.75) is 27.2 Å². The van der Waals surface area contributed by atoms with Crippen LogP contribution in [-0.4, -0.2) is 5.91 Å². The highest BCUT2D eigenvalue weighted by molar-refractivity contribution is 6.08. The number of nitrogens with two attached hydrogens (primary N) is 1. The normalized spacial score (nSPS) is 10.3. The molecule has 0 fully saturated rings. The largest absolute Gasteiger partial charge is 0.323 e. The second-order valence-electron chi connectivity index (χ2n) is 5.11. The molecule has 0 aliphatic heterocycles. The third-order valence-corrected chi connectivity index (χ3v) is 3.55. The second kappa shape index (κ2) is 6.41. The molecule has 1 amide bonds. The van der Waals surface area contributed by atoms with Gasteiger partial charge in [0, 0.05) is 5.69 Å². The van der Waals surface area contributed by atoms with Crippen molar-refractivity contribution in [2.24, 2.45) is 5.84 Å². The van der Waals surface area contributed by atoms with Gasteiger partial charge in [-0.2, -0.15) is 0 Å². The van der Waals surface area contributed by atoms with E-state index in [2.05, 4.69) is 17.7 Å². The molecule has 4 nitrogen and oxygen atoms in total. The van der Waals surface area contributed by atoms with E-state index in [1.807, 2.05) is 50.2 Å². The lowest BCUT2D eigenvalue weighted by atomic mass is 10.0. The number of carbonyl (C=O) groups is 1. The highest BCUT2D eigenvalue weighted by Crippen LogP contribution is 2.24. The molecule has 2 aromatic carbocycles. The number of para-hydroxylation sites is 1. The Labute approximate surface area is 125 Å². The first-order valence-corrected chi connectivity index (χ1v) is 7.04. The number of hydrogen-bond donors (Lipinski definition) is 3. The number of rotatable bonds is 4. The first-order chi connectivity index (χ1) is 10.1. The maximum absolute atomic E-state index is 12.6. The van der Waals surface area contributed by atoms with Crippen LogP contribution in [-0.2, 0) is 6.42 Å². The van der Waals surface area contributed by atoms with E-state index in [-0.39, 0.29) is 5.91 Å². The van der Waals surface area contributed by atoms with E-state index < -0.39 is 0 Å². The Morgan fingerprint density at radius 3 is 2.62 bits per heavy atom. The maximum atomic E-state index is 12.6. The van der Waals surface area contributed by atoms with E-state index in [1.165, 1.54) is 0 Å². The number of hydrazine groups is 1. The van der Waals surface area contributed by atoms with Crippen LogP contribution in [0.5, 0.6) is 0 Å². The molecule has 0 aliphatic carbocycles. The molecule has 0 unspecified atom stereocenters. The van der Waals surface area contributed by atoms with Gasteiger partial charge in [0.15, 0.2) is 0 Å². The van der Waals surface area contributed by atoms with Gasteiger partial charge in [0.1, 0.15) is 0 Å². The van der Waals surface area contributed by atoms with E-state index in [0.29, 0.717) is 11.3 Å². The van der Waals surface area contributed by atoms with Crippen molar-refractivity contribution in [3.05, 3.63) is 58.7 Å². The zero-order valence-corrected chi connectivity index (χ0v) is 12.7. The standard InChI is InChI=1S/C17H21N3O/c1-4-13-7-5-6-12(3)16(13)19-17(21)14-10-11(2)8-9-15(14)20-18/h5-10,20H,4,18H2,1-3H3,(H,19,21). The fraction of sp³-hybridized carbons (Fsp3) is 0.235. The summed E-state index contributed by atoms with van der Waals surface area (Å²) in [4.78, 5) is 12.6. The lowest BCUT2D eigenvalue weighted by molar-refractivity contribution is 0.102. The minimum atomic E-state index is -0.157. The Morgan fingerprint density at radius 2 is 1.95 bits per heavy atom. The molecule has 0 radical (unpaired) electrons. The van der Waals surface area contributed by atoms with Crippen molar-refractivity contribution >= 4 is 17.3 Å². The number of hydrogen-bond acceptors (Lipinski definition) is 3. The molecule has 2 rings (SSSR count). The van der Waals surface area contributed by atoms with Gasteiger partial charge in [-0.3, -0.25) is 10.6 Å². The van der Waals surface area contributed by atoms with Crippen LogP contribution in [0.1, 0.15) is 34.0 Å².